The summed E-state index contributed by atoms with van der Waals surface area (Å²) in [7, 11) is 2.03. The molecule has 0 aliphatic heterocycles. The second kappa shape index (κ2) is 5.94. The zero-order chi connectivity index (χ0) is 12.1. The molecular weight excluding hydrogens is 228 g/mol. The number of aromatic nitrogens is 1. The highest BCUT2D eigenvalue weighted by Crippen LogP contribution is 2.22. The molecule has 1 N–H and O–H groups in total. The largest absolute Gasteiger partial charge is 0.316 e. The maximum absolute atomic E-state index is 4.13. The van der Waals surface area contributed by atoms with Crippen LogP contribution in [0.5, 0.6) is 0 Å². The van der Waals surface area contributed by atoms with Crippen molar-refractivity contribution in [3.8, 4) is 0 Å². The average Bonchev–Trinajstić information content (AvgIpc) is 2.89. The summed E-state index contributed by atoms with van der Waals surface area (Å²) in [6.07, 6.45) is 3.00. The lowest BCUT2D eigenvalue weighted by atomic mass is 9.91. The van der Waals surface area contributed by atoms with Crippen molar-refractivity contribution in [3.63, 3.8) is 0 Å². The van der Waals surface area contributed by atoms with Gasteiger partial charge in [-0.25, -0.2) is 0 Å². The van der Waals surface area contributed by atoms with E-state index in [1.807, 2.05) is 18.8 Å². The van der Waals surface area contributed by atoms with Gasteiger partial charge in [-0.2, -0.15) is 0 Å². The van der Waals surface area contributed by atoms with E-state index in [0.717, 1.165) is 6.42 Å². The van der Waals surface area contributed by atoms with Crippen LogP contribution in [0.15, 0.2) is 42.0 Å². The van der Waals surface area contributed by atoms with Gasteiger partial charge < -0.3 is 5.32 Å². The Morgan fingerprint density at radius 2 is 2.06 bits per heavy atom. The van der Waals surface area contributed by atoms with Crippen LogP contribution in [-0.2, 0) is 6.42 Å². The van der Waals surface area contributed by atoms with E-state index in [1.54, 1.807) is 11.3 Å². The molecular formula is C14H18N2S. The van der Waals surface area contributed by atoms with Crippen LogP contribution in [-0.4, -0.2) is 18.1 Å². The lowest BCUT2D eigenvalue weighted by molar-refractivity contribution is 0.485. The Morgan fingerprint density at radius 3 is 2.65 bits per heavy atom. The van der Waals surface area contributed by atoms with Gasteiger partial charge in [0, 0.05) is 17.1 Å². The van der Waals surface area contributed by atoms with Crippen molar-refractivity contribution < 1.29 is 0 Å². The van der Waals surface area contributed by atoms with Crippen molar-refractivity contribution in [2.75, 3.05) is 7.05 Å². The first kappa shape index (κ1) is 12.3. The van der Waals surface area contributed by atoms with Crippen molar-refractivity contribution in [1.29, 1.82) is 0 Å². The Kier molecular flexibility index (Phi) is 4.29. The van der Waals surface area contributed by atoms with Gasteiger partial charge in [-0.1, -0.05) is 37.3 Å². The molecule has 0 amide bonds. The Labute approximate surface area is 107 Å². The van der Waals surface area contributed by atoms with E-state index >= 15 is 0 Å². The summed E-state index contributed by atoms with van der Waals surface area (Å²) >= 11 is 1.73. The van der Waals surface area contributed by atoms with Crippen LogP contribution in [0, 0.1) is 0 Å². The molecule has 0 aliphatic carbocycles. The topological polar surface area (TPSA) is 24.9 Å². The normalized spacial score (nSPS) is 14.5. The molecule has 90 valence electrons. The monoisotopic (exact) mass is 246 g/mol. The Bertz CT molecular complexity index is 425. The van der Waals surface area contributed by atoms with E-state index in [4.69, 9.17) is 0 Å². The highest BCUT2D eigenvalue weighted by Gasteiger charge is 2.17. The van der Waals surface area contributed by atoms with E-state index in [2.05, 4.69) is 47.6 Å². The van der Waals surface area contributed by atoms with Gasteiger partial charge in [-0.05, 0) is 24.9 Å². The molecule has 0 radical (unpaired) electrons. The van der Waals surface area contributed by atoms with Crippen molar-refractivity contribution in [2.24, 2.45) is 0 Å². The van der Waals surface area contributed by atoms with Crippen LogP contribution in [0.2, 0.25) is 0 Å². The number of thiazole rings is 1. The van der Waals surface area contributed by atoms with Crippen LogP contribution < -0.4 is 5.32 Å². The molecule has 2 rings (SSSR count). The van der Waals surface area contributed by atoms with Gasteiger partial charge >= 0.3 is 0 Å². The van der Waals surface area contributed by atoms with Gasteiger partial charge in [0.1, 0.15) is 0 Å². The minimum atomic E-state index is 0.456. The minimum absolute atomic E-state index is 0.456. The van der Waals surface area contributed by atoms with Gasteiger partial charge in [0.2, 0.25) is 0 Å². The molecule has 0 fully saturated rings. The van der Waals surface area contributed by atoms with Crippen LogP contribution in [0.4, 0.5) is 0 Å². The lowest BCUT2D eigenvalue weighted by Crippen LogP contribution is -2.32. The standard InChI is InChI=1S/C14H18N2S/c1-11(12-6-4-3-5-7-12)14(15-2)8-13-9-16-10-17-13/h3-7,9-11,14-15H,8H2,1-2H3. The summed E-state index contributed by atoms with van der Waals surface area (Å²) in [6, 6.07) is 11.1. The minimum Gasteiger partial charge on any atom is -0.316 e. The van der Waals surface area contributed by atoms with E-state index in [-0.39, 0.29) is 0 Å². The maximum Gasteiger partial charge on any atom is 0.0794 e. The predicted octanol–water partition coefficient (Wildman–Crippen LogP) is 3.08. The van der Waals surface area contributed by atoms with Crippen LogP contribution >= 0.6 is 11.3 Å². The predicted molar refractivity (Wildman–Crippen MR) is 73.5 cm³/mol. The zero-order valence-electron chi connectivity index (χ0n) is 10.3. The molecule has 0 bridgehead atoms. The van der Waals surface area contributed by atoms with Crippen molar-refractivity contribution >= 4 is 11.3 Å². The number of hydrogen-bond donors (Lipinski definition) is 1. The SMILES string of the molecule is CNC(Cc1cncs1)C(C)c1ccccc1. The Morgan fingerprint density at radius 1 is 1.29 bits per heavy atom. The van der Waals surface area contributed by atoms with Gasteiger partial charge in [0.25, 0.3) is 0 Å². The third-order valence-electron chi connectivity index (χ3n) is 3.20. The van der Waals surface area contributed by atoms with E-state index in [1.165, 1.54) is 10.4 Å². The molecule has 1 heterocycles. The third-order valence-corrected chi connectivity index (χ3v) is 4.01. The first-order valence-electron chi connectivity index (χ1n) is 5.91. The Hall–Kier alpha value is -1.19. The highest BCUT2D eigenvalue weighted by atomic mass is 32.1. The van der Waals surface area contributed by atoms with Gasteiger partial charge in [-0.3, -0.25) is 4.98 Å². The zero-order valence-corrected chi connectivity index (χ0v) is 11.1. The second-order valence-corrected chi connectivity index (χ2v) is 5.24. The second-order valence-electron chi connectivity index (χ2n) is 4.27. The summed E-state index contributed by atoms with van der Waals surface area (Å²) in [6.45, 7) is 2.28. The summed E-state index contributed by atoms with van der Waals surface area (Å²) in [4.78, 5) is 5.47. The molecule has 0 spiro atoms. The van der Waals surface area contributed by atoms with Crippen LogP contribution in [0.3, 0.4) is 0 Å². The number of nitrogens with zero attached hydrogens (tertiary/aromatic N) is 1. The number of hydrogen-bond acceptors (Lipinski definition) is 3. The molecule has 1 aromatic carbocycles. The number of nitrogens with one attached hydrogen (secondary N) is 1. The lowest BCUT2D eigenvalue weighted by Gasteiger charge is -2.23. The maximum atomic E-state index is 4.13. The van der Waals surface area contributed by atoms with Gasteiger partial charge in [-0.15, -0.1) is 11.3 Å². The fourth-order valence-electron chi connectivity index (χ4n) is 2.08. The summed E-state index contributed by atoms with van der Waals surface area (Å²) in [5.41, 5.74) is 3.28. The van der Waals surface area contributed by atoms with E-state index < -0.39 is 0 Å². The van der Waals surface area contributed by atoms with E-state index in [0.29, 0.717) is 12.0 Å². The quantitative estimate of drug-likeness (QED) is 0.877. The van der Waals surface area contributed by atoms with Gasteiger partial charge in [0.05, 0.1) is 5.51 Å². The molecule has 2 nitrogen and oxygen atoms in total. The van der Waals surface area contributed by atoms with Crippen LogP contribution in [0.1, 0.15) is 23.3 Å². The molecule has 0 saturated heterocycles. The third kappa shape index (κ3) is 3.14. The highest BCUT2D eigenvalue weighted by molar-refractivity contribution is 7.09. The molecule has 2 unspecified atom stereocenters. The van der Waals surface area contributed by atoms with Gasteiger partial charge in [0.15, 0.2) is 0 Å². The molecule has 2 atom stereocenters. The molecule has 3 heteroatoms. The van der Waals surface area contributed by atoms with E-state index in [9.17, 15) is 0 Å². The fraction of sp³-hybridized carbons (Fsp3) is 0.357. The summed E-state index contributed by atoms with van der Waals surface area (Å²) in [5, 5.41) is 3.42. The number of benzene rings is 1. The molecule has 17 heavy (non-hydrogen) atoms. The Balaban J connectivity index is 2.08. The van der Waals surface area contributed by atoms with Crippen molar-refractivity contribution in [3.05, 3.63) is 52.5 Å². The smallest absolute Gasteiger partial charge is 0.0794 e. The first-order valence-corrected chi connectivity index (χ1v) is 6.79. The first-order chi connectivity index (χ1) is 8.31. The average molecular weight is 246 g/mol. The molecule has 0 saturated carbocycles. The molecule has 1 aromatic heterocycles. The summed E-state index contributed by atoms with van der Waals surface area (Å²) < 4.78 is 0. The number of rotatable bonds is 5. The molecule has 2 aromatic rings. The van der Waals surface area contributed by atoms with Crippen molar-refractivity contribution in [2.45, 2.75) is 25.3 Å². The number of likely N-dealkylation sites (N-methyl/N-ethyl adjacent to an activating group) is 1. The fourth-order valence-corrected chi connectivity index (χ4v) is 2.73. The van der Waals surface area contributed by atoms with Crippen molar-refractivity contribution in [1.82, 2.24) is 10.3 Å². The molecule has 0 aliphatic rings. The van der Waals surface area contributed by atoms with Crippen LogP contribution in [0.25, 0.3) is 0 Å². The summed E-state index contributed by atoms with van der Waals surface area (Å²) in [5.74, 6) is 0.503.